The summed E-state index contributed by atoms with van der Waals surface area (Å²) in [6.07, 6.45) is 2.85. The van der Waals surface area contributed by atoms with Gasteiger partial charge in [-0.2, -0.15) is 10.1 Å². The lowest BCUT2D eigenvalue weighted by Crippen LogP contribution is -1.87. The predicted molar refractivity (Wildman–Crippen MR) is 51.5 cm³/mol. The van der Waals surface area contributed by atoms with Crippen molar-refractivity contribution in [2.75, 3.05) is 0 Å². The zero-order valence-electron chi connectivity index (χ0n) is 7.29. The van der Waals surface area contributed by atoms with Gasteiger partial charge in [0, 0.05) is 5.56 Å². The van der Waals surface area contributed by atoms with Crippen LogP contribution in [0, 0.1) is 0 Å². The van der Waals surface area contributed by atoms with Gasteiger partial charge in [-0.15, -0.1) is 0 Å². The van der Waals surface area contributed by atoms with Crippen LogP contribution < -0.4 is 5.84 Å². The Labute approximate surface area is 80.2 Å². The number of nitrogens with zero attached hydrogens (tertiary/aromatic N) is 3. The number of hydrazone groups is 1. The summed E-state index contributed by atoms with van der Waals surface area (Å²) in [6, 6.07) is 7.53. The molecule has 0 atom stereocenters. The predicted octanol–water partition coefficient (Wildman–Crippen LogP) is 1.03. The first kappa shape index (κ1) is 8.43. The monoisotopic (exact) mass is 188 g/mol. The first-order chi connectivity index (χ1) is 6.90. The van der Waals surface area contributed by atoms with E-state index in [2.05, 4.69) is 19.8 Å². The SMILES string of the molecule is NN=Cc1cccc(-c2ncon2)c1. The summed E-state index contributed by atoms with van der Waals surface area (Å²) in [4.78, 5) is 3.93. The van der Waals surface area contributed by atoms with Gasteiger partial charge >= 0.3 is 0 Å². The molecule has 0 saturated carbocycles. The van der Waals surface area contributed by atoms with Crippen LogP contribution in [0.15, 0.2) is 40.3 Å². The molecule has 14 heavy (non-hydrogen) atoms. The van der Waals surface area contributed by atoms with E-state index >= 15 is 0 Å². The Morgan fingerprint density at radius 1 is 1.43 bits per heavy atom. The van der Waals surface area contributed by atoms with Crippen LogP contribution in [0.5, 0.6) is 0 Å². The maximum Gasteiger partial charge on any atom is 0.214 e. The lowest BCUT2D eigenvalue weighted by molar-refractivity contribution is 0.419. The van der Waals surface area contributed by atoms with Crippen LogP contribution in [-0.4, -0.2) is 16.4 Å². The highest BCUT2D eigenvalue weighted by molar-refractivity contribution is 5.81. The van der Waals surface area contributed by atoms with Crippen molar-refractivity contribution in [1.82, 2.24) is 10.1 Å². The standard InChI is InChI=1S/C9H8N4O/c10-12-5-7-2-1-3-8(4-7)9-11-6-14-13-9/h1-6H,10H2. The van der Waals surface area contributed by atoms with Gasteiger partial charge in [-0.25, -0.2) is 0 Å². The van der Waals surface area contributed by atoms with Gasteiger partial charge < -0.3 is 10.4 Å². The van der Waals surface area contributed by atoms with E-state index < -0.39 is 0 Å². The number of hydrogen-bond donors (Lipinski definition) is 1. The quantitative estimate of drug-likeness (QED) is 0.433. The van der Waals surface area contributed by atoms with Gasteiger partial charge in [-0.3, -0.25) is 0 Å². The minimum Gasteiger partial charge on any atom is -0.342 e. The molecule has 1 aromatic heterocycles. The van der Waals surface area contributed by atoms with Gasteiger partial charge in [0.25, 0.3) is 0 Å². The van der Waals surface area contributed by atoms with E-state index in [1.165, 1.54) is 6.39 Å². The Bertz CT molecular complexity index is 436. The van der Waals surface area contributed by atoms with E-state index in [-0.39, 0.29) is 0 Å². The average Bonchev–Trinajstić information content (AvgIpc) is 2.71. The maximum atomic E-state index is 5.05. The van der Waals surface area contributed by atoms with Crippen molar-refractivity contribution in [2.24, 2.45) is 10.9 Å². The molecule has 0 amide bonds. The summed E-state index contributed by atoms with van der Waals surface area (Å²) in [7, 11) is 0. The number of aromatic nitrogens is 2. The van der Waals surface area contributed by atoms with Gasteiger partial charge in [-0.05, 0) is 11.6 Å². The van der Waals surface area contributed by atoms with E-state index in [9.17, 15) is 0 Å². The molecule has 2 aromatic rings. The highest BCUT2D eigenvalue weighted by Crippen LogP contribution is 2.14. The summed E-state index contributed by atoms with van der Waals surface area (Å²) in [5.41, 5.74) is 1.77. The third-order valence-corrected chi connectivity index (χ3v) is 1.73. The molecule has 0 aliphatic carbocycles. The van der Waals surface area contributed by atoms with E-state index in [1.807, 2.05) is 24.3 Å². The van der Waals surface area contributed by atoms with Crippen molar-refractivity contribution in [3.05, 3.63) is 36.2 Å². The lowest BCUT2D eigenvalue weighted by Gasteiger charge is -1.95. The van der Waals surface area contributed by atoms with Crippen LogP contribution in [0.3, 0.4) is 0 Å². The van der Waals surface area contributed by atoms with Gasteiger partial charge in [0.05, 0.1) is 6.21 Å². The van der Waals surface area contributed by atoms with Crippen molar-refractivity contribution in [1.29, 1.82) is 0 Å². The Hall–Kier alpha value is -2.17. The van der Waals surface area contributed by atoms with E-state index in [0.717, 1.165) is 11.1 Å². The van der Waals surface area contributed by atoms with E-state index in [1.54, 1.807) is 6.21 Å². The van der Waals surface area contributed by atoms with Crippen LogP contribution in [-0.2, 0) is 0 Å². The first-order valence-corrected chi connectivity index (χ1v) is 4.00. The fourth-order valence-electron chi connectivity index (χ4n) is 1.14. The second-order valence-corrected chi connectivity index (χ2v) is 2.66. The molecule has 0 radical (unpaired) electrons. The number of benzene rings is 1. The Kier molecular flexibility index (Phi) is 2.22. The fourth-order valence-corrected chi connectivity index (χ4v) is 1.14. The number of rotatable bonds is 2. The molecule has 0 fully saturated rings. The molecule has 1 aromatic carbocycles. The summed E-state index contributed by atoms with van der Waals surface area (Å²) in [5, 5.41) is 7.16. The Balaban J connectivity index is 2.40. The third-order valence-electron chi connectivity index (χ3n) is 1.73. The minimum absolute atomic E-state index is 0.553. The molecule has 0 bridgehead atoms. The number of hydrogen-bond acceptors (Lipinski definition) is 5. The third kappa shape index (κ3) is 1.61. The molecule has 70 valence electrons. The summed E-state index contributed by atoms with van der Waals surface area (Å²) < 4.78 is 4.65. The topological polar surface area (TPSA) is 77.3 Å². The molecular formula is C9H8N4O. The molecule has 0 saturated heterocycles. The Morgan fingerprint density at radius 3 is 3.07 bits per heavy atom. The molecule has 2 rings (SSSR count). The van der Waals surface area contributed by atoms with Crippen molar-refractivity contribution in [3.8, 4) is 11.4 Å². The highest BCUT2D eigenvalue weighted by atomic mass is 16.5. The van der Waals surface area contributed by atoms with Crippen LogP contribution in [0.2, 0.25) is 0 Å². The number of nitrogens with two attached hydrogens (primary N) is 1. The molecule has 2 N–H and O–H groups in total. The first-order valence-electron chi connectivity index (χ1n) is 4.00. The van der Waals surface area contributed by atoms with Crippen molar-refractivity contribution in [2.45, 2.75) is 0 Å². The van der Waals surface area contributed by atoms with E-state index in [0.29, 0.717) is 5.82 Å². The molecule has 0 spiro atoms. The van der Waals surface area contributed by atoms with Crippen molar-refractivity contribution < 1.29 is 4.52 Å². The van der Waals surface area contributed by atoms with Gasteiger partial charge in [0.2, 0.25) is 12.2 Å². The van der Waals surface area contributed by atoms with Gasteiger partial charge in [0.15, 0.2) is 0 Å². The van der Waals surface area contributed by atoms with Crippen LogP contribution in [0.4, 0.5) is 0 Å². The van der Waals surface area contributed by atoms with Gasteiger partial charge in [-0.1, -0.05) is 23.4 Å². The van der Waals surface area contributed by atoms with Crippen LogP contribution in [0.25, 0.3) is 11.4 Å². The molecule has 5 nitrogen and oxygen atoms in total. The van der Waals surface area contributed by atoms with Gasteiger partial charge in [0.1, 0.15) is 0 Å². The zero-order chi connectivity index (χ0) is 9.80. The zero-order valence-corrected chi connectivity index (χ0v) is 7.29. The fraction of sp³-hybridized carbons (Fsp3) is 0. The van der Waals surface area contributed by atoms with E-state index in [4.69, 9.17) is 5.84 Å². The minimum atomic E-state index is 0.553. The molecule has 0 unspecified atom stereocenters. The normalized spacial score (nSPS) is 10.9. The second kappa shape index (κ2) is 3.69. The Morgan fingerprint density at radius 2 is 2.36 bits per heavy atom. The second-order valence-electron chi connectivity index (χ2n) is 2.66. The van der Waals surface area contributed by atoms with Crippen molar-refractivity contribution in [3.63, 3.8) is 0 Å². The molecule has 5 heteroatoms. The highest BCUT2D eigenvalue weighted by Gasteiger charge is 2.02. The maximum absolute atomic E-state index is 5.05. The molecular weight excluding hydrogens is 180 g/mol. The molecule has 0 aliphatic heterocycles. The smallest absolute Gasteiger partial charge is 0.214 e. The summed E-state index contributed by atoms with van der Waals surface area (Å²) >= 11 is 0. The van der Waals surface area contributed by atoms with Crippen LogP contribution >= 0.6 is 0 Å². The average molecular weight is 188 g/mol. The lowest BCUT2D eigenvalue weighted by atomic mass is 10.1. The summed E-state index contributed by atoms with van der Waals surface area (Å²) in [6.45, 7) is 0. The van der Waals surface area contributed by atoms with Crippen LogP contribution in [0.1, 0.15) is 5.56 Å². The summed E-state index contributed by atoms with van der Waals surface area (Å²) in [5.74, 6) is 5.60. The molecule has 1 heterocycles. The van der Waals surface area contributed by atoms with Crippen molar-refractivity contribution >= 4 is 6.21 Å². The molecule has 0 aliphatic rings. The largest absolute Gasteiger partial charge is 0.342 e.